The molecule has 1 amide bonds. The molecule has 132 valence electrons. The van der Waals surface area contributed by atoms with Crippen LogP contribution in [0.25, 0.3) is 0 Å². The highest BCUT2D eigenvalue weighted by Crippen LogP contribution is 2.42. The number of hydrogen-bond donors (Lipinski definition) is 2. The molecule has 0 radical (unpaired) electrons. The SMILES string of the molecule is CC(C)C1CCCC(CNC(=O)OCc2ccccc2)(C(=O)O)C1. The lowest BCUT2D eigenvalue weighted by Crippen LogP contribution is -2.46. The average molecular weight is 333 g/mol. The molecule has 0 aliphatic heterocycles. The second kappa shape index (κ2) is 8.18. The molecule has 0 bridgehead atoms. The van der Waals surface area contributed by atoms with Crippen LogP contribution in [-0.2, 0) is 16.1 Å². The summed E-state index contributed by atoms with van der Waals surface area (Å²) >= 11 is 0. The Kier molecular flexibility index (Phi) is 6.23. The van der Waals surface area contributed by atoms with Crippen molar-refractivity contribution >= 4 is 12.1 Å². The fraction of sp³-hybridized carbons (Fsp3) is 0.579. The Labute approximate surface area is 143 Å². The first-order valence-electron chi connectivity index (χ1n) is 8.61. The third-order valence-corrected chi connectivity index (χ3v) is 5.06. The largest absolute Gasteiger partial charge is 0.481 e. The van der Waals surface area contributed by atoms with E-state index in [1.54, 1.807) is 0 Å². The van der Waals surface area contributed by atoms with Crippen molar-refractivity contribution in [3.8, 4) is 0 Å². The molecule has 24 heavy (non-hydrogen) atoms. The summed E-state index contributed by atoms with van der Waals surface area (Å²) in [5.74, 6) is 0.0160. The van der Waals surface area contributed by atoms with Crippen molar-refractivity contribution in [2.75, 3.05) is 6.54 Å². The number of nitrogens with one attached hydrogen (secondary N) is 1. The lowest BCUT2D eigenvalue weighted by molar-refractivity contribution is -0.152. The van der Waals surface area contributed by atoms with Crippen molar-refractivity contribution in [2.45, 2.75) is 46.1 Å². The Bertz CT molecular complexity index is 558. The fourth-order valence-electron chi connectivity index (χ4n) is 3.42. The van der Waals surface area contributed by atoms with Gasteiger partial charge < -0.3 is 15.2 Å². The summed E-state index contributed by atoms with van der Waals surface area (Å²) in [5.41, 5.74) is 0.0250. The molecule has 2 rings (SSSR count). The number of amides is 1. The molecule has 0 saturated heterocycles. The number of carbonyl (C=O) groups excluding carboxylic acids is 1. The van der Waals surface area contributed by atoms with Crippen molar-refractivity contribution in [3.63, 3.8) is 0 Å². The maximum atomic E-state index is 11.9. The number of alkyl carbamates (subject to hydrolysis) is 1. The number of rotatable bonds is 6. The third-order valence-electron chi connectivity index (χ3n) is 5.06. The first-order chi connectivity index (χ1) is 11.4. The van der Waals surface area contributed by atoms with Gasteiger partial charge in [0.1, 0.15) is 6.61 Å². The number of aliphatic carboxylic acids is 1. The maximum absolute atomic E-state index is 11.9. The molecule has 1 saturated carbocycles. The molecule has 5 nitrogen and oxygen atoms in total. The zero-order chi connectivity index (χ0) is 17.6. The van der Waals surface area contributed by atoms with Crippen molar-refractivity contribution in [2.24, 2.45) is 17.3 Å². The lowest BCUT2D eigenvalue weighted by Gasteiger charge is -2.39. The summed E-state index contributed by atoms with van der Waals surface area (Å²) in [5, 5.41) is 12.4. The topological polar surface area (TPSA) is 75.6 Å². The van der Waals surface area contributed by atoms with Crippen LogP contribution in [0, 0.1) is 17.3 Å². The van der Waals surface area contributed by atoms with Gasteiger partial charge in [-0.15, -0.1) is 0 Å². The highest BCUT2D eigenvalue weighted by Gasteiger charge is 2.43. The van der Waals surface area contributed by atoms with Crippen molar-refractivity contribution in [1.29, 1.82) is 0 Å². The Balaban J connectivity index is 1.89. The van der Waals surface area contributed by atoms with Crippen LogP contribution in [0.15, 0.2) is 30.3 Å². The molecule has 2 unspecified atom stereocenters. The van der Waals surface area contributed by atoms with Crippen molar-refractivity contribution in [3.05, 3.63) is 35.9 Å². The molecule has 1 aromatic rings. The highest BCUT2D eigenvalue weighted by atomic mass is 16.5. The van der Waals surface area contributed by atoms with Crippen LogP contribution < -0.4 is 5.32 Å². The Hall–Kier alpha value is -2.04. The van der Waals surface area contributed by atoms with E-state index in [-0.39, 0.29) is 13.2 Å². The molecule has 1 aliphatic rings. The Morgan fingerprint density at radius 3 is 2.67 bits per heavy atom. The minimum Gasteiger partial charge on any atom is -0.481 e. The van der Waals surface area contributed by atoms with Gasteiger partial charge in [0.05, 0.1) is 5.41 Å². The normalized spacial score (nSPS) is 23.7. The fourth-order valence-corrected chi connectivity index (χ4v) is 3.42. The molecular formula is C19H27NO4. The van der Waals surface area contributed by atoms with E-state index in [0.29, 0.717) is 24.7 Å². The van der Waals surface area contributed by atoms with Crippen LogP contribution in [0.4, 0.5) is 4.79 Å². The molecule has 1 aliphatic carbocycles. The number of carbonyl (C=O) groups is 2. The van der Waals surface area contributed by atoms with Gasteiger partial charge in [-0.3, -0.25) is 4.79 Å². The van der Waals surface area contributed by atoms with Gasteiger partial charge in [-0.1, -0.05) is 57.0 Å². The van der Waals surface area contributed by atoms with E-state index in [0.717, 1.165) is 18.4 Å². The van der Waals surface area contributed by atoms with Crippen LogP contribution in [0.2, 0.25) is 0 Å². The maximum Gasteiger partial charge on any atom is 0.407 e. The van der Waals surface area contributed by atoms with Gasteiger partial charge in [0, 0.05) is 6.54 Å². The van der Waals surface area contributed by atoms with Gasteiger partial charge in [-0.2, -0.15) is 0 Å². The van der Waals surface area contributed by atoms with Crippen molar-refractivity contribution in [1.82, 2.24) is 5.32 Å². The number of hydrogen-bond acceptors (Lipinski definition) is 3. The van der Waals surface area contributed by atoms with Gasteiger partial charge >= 0.3 is 12.1 Å². The van der Waals surface area contributed by atoms with Crippen LogP contribution >= 0.6 is 0 Å². The third kappa shape index (κ3) is 4.73. The zero-order valence-electron chi connectivity index (χ0n) is 14.5. The monoisotopic (exact) mass is 333 g/mol. The predicted molar refractivity (Wildman–Crippen MR) is 91.5 cm³/mol. The number of carboxylic acid groups (broad SMARTS) is 1. The van der Waals surface area contributed by atoms with Gasteiger partial charge in [0.15, 0.2) is 0 Å². The Morgan fingerprint density at radius 2 is 2.04 bits per heavy atom. The van der Waals surface area contributed by atoms with E-state index in [1.165, 1.54) is 0 Å². The highest BCUT2D eigenvalue weighted by molar-refractivity contribution is 5.76. The van der Waals surface area contributed by atoms with E-state index in [9.17, 15) is 14.7 Å². The predicted octanol–water partition coefficient (Wildman–Crippen LogP) is 3.83. The van der Waals surface area contributed by atoms with Gasteiger partial charge in [0.25, 0.3) is 0 Å². The lowest BCUT2D eigenvalue weighted by atomic mass is 9.66. The summed E-state index contributed by atoms with van der Waals surface area (Å²) in [4.78, 5) is 23.8. The molecule has 2 atom stereocenters. The van der Waals surface area contributed by atoms with E-state index in [2.05, 4.69) is 19.2 Å². The van der Waals surface area contributed by atoms with E-state index >= 15 is 0 Å². The van der Waals surface area contributed by atoms with Crippen molar-refractivity contribution < 1.29 is 19.4 Å². The smallest absolute Gasteiger partial charge is 0.407 e. The summed E-state index contributed by atoms with van der Waals surface area (Å²) in [7, 11) is 0. The summed E-state index contributed by atoms with van der Waals surface area (Å²) < 4.78 is 5.18. The van der Waals surface area contributed by atoms with Crippen LogP contribution in [0.5, 0.6) is 0 Å². The molecule has 1 fully saturated rings. The summed E-state index contributed by atoms with van der Waals surface area (Å²) in [6, 6.07) is 9.41. The molecule has 0 spiro atoms. The van der Waals surface area contributed by atoms with E-state index in [1.807, 2.05) is 30.3 Å². The second-order valence-corrected chi connectivity index (χ2v) is 7.10. The number of ether oxygens (including phenoxy) is 1. The molecule has 0 heterocycles. The molecule has 1 aromatic carbocycles. The zero-order valence-corrected chi connectivity index (χ0v) is 14.5. The van der Waals surface area contributed by atoms with Gasteiger partial charge in [-0.25, -0.2) is 4.79 Å². The van der Waals surface area contributed by atoms with Crippen LogP contribution in [0.1, 0.15) is 45.1 Å². The van der Waals surface area contributed by atoms with Gasteiger partial charge in [-0.05, 0) is 30.2 Å². The van der Waals surface area contributed by atoms with E-state index in [4.69, 9.17) is 4.74 Å². The van der Waals surface area contributed by atoms with Gasteiger partial charge in [0.2, 0.25) is 0 Å². The van der Waals surface area contributed by atoms with E-state index < -0.39 is 17.5 Å². The molecule has 5 heteroatoms. The second-order valence-electron chi connectivity index (χ2n) is 7.10. The average Bonchev–Trinajstić information content (AvgIpc) is 2.59. The molecule has 0 aromatic heterocycles. The molecular weight excluding hydrogens is 306 g/mol. The first-order valence-corrected chi connectivity index (χ1v) is 8.61. The van der Waals surface area contributed by atoms with Crippen LogP contribution in [0.3, 0.4) is 0 Å². The quantitative estimate of drug-likeness (QED) is 0.829. The minimum absolute atomic E-state index is 0.124. The number of benzene rings is 1. The molecule has 2 N–H and O–H groups in total. The van der Waals surface area contributed by atoms with Crippen LogP contribution in [-0.4, -0.2) is 23.7 Å². The first kappa shape index (κ1) is 18.3. The summed E-state index contributed by atoms with van der Waals surface area (Å²) in [6.45, 7) is 4.56. The standard InChI is InChI=1S/C19H27NO4/c1-14(2)16-9-6-10-19(11-16,17(21)22)13-20-18(23)24-12-15-7-4-3-5-8-15/h3-5,7-8,14,16H,6,9-13H2,1-2H3,(H,20,23)(H,21,22). The minimum atomic E-state index is -0.876. The Morgan fingerprint density at radius 1 is 1.33 bits per heavy atom. The summed E-state index contributed by atoms with van der Waals surface area (Å²) in [6.07, 6.45) is 2.59. The number of carboxylic acids is 1.